The van der Waals surface area contributed by atoms with Crippen molar-refractivity contribution in [2.45, 2.75) is 6.92 Å². The minimum Gasteiger partial charge on any atom is -0.462 e. The van der Waals surface area contributed by atoms with E-state index >= 15 is 0 Å². The molecule has 1 amide bonds. The SMILES string of the molecule is CCOC(=O)c1cccc(NC(=O)c2cnc(N3CCOCC3)nc2)c1. The highest BCUT2D eigenvalue weighted by Crippen LogP contribution is 2.14. The summed E-state index contributed by atoms with van der Waals surface area (Å²) in [5.74, 6) is -0.199. The normalized spacial score (nSPS) is 14.0. The monoisotopic (exact) mass is 356 g/mol. The maximum Gasteiger partial charge on any atom is 0.338 e. The lowest BCUT2D eigenvalue weighted by Crippen LogP contribution is -2.37. The van der Waals surface area contributed by atoms with Crippen molar-refractivity contribution in [2.75, 3.05) is 43.1 Å². The van der Waals surface area contributed by atoms with Gasteiger partial charge in [-0.3, -0.25) is 4.79 Å². The Kier molecular flexibility index (Phi) is 5.75. The highest BCUT2D eigenvalue weighted by molar-refractivity contribution is 6.04. The van der Waals surface area contributed by atoms with Gasteiger partial charge in [0.25, 0.3) is 5.91 Å². The molecule has 1 aromatic carbocycles. The fraction of sp³-hybridized carbons (Fsp3) is 0.333. The molecule has 136 valence electrons. The summed E-state index contributed by atoms with van der Waals surface area (Å²) in [5, 5.41) is 2.73. The van der Waals surface area contributed by atoms with Crippen LogP contribution in [0.5, 0.6) is 0 Å². The van der Waals surface area contributed by atoms with Crippen molar-refractivity contribution in [3.05, 3.63) is 47.8 Å². The molecule has 1 aliphatic rings. The van der Waals surface area contributed by atoms with Crippen LogP contribution in [-0.4, -0.2) is 54.8 Å². The average molecular weight is 356 g/mol. The molecule has 0 bridgehead atoms. The van der Waals surface area contributed by atoms with E-state index in [9.17, 15) is 9.59 Å². The molecule has 1 N–H and O–H groups in total. The third-order valence-corrected chi connectivity index (χ3v) is 3.83. The Hall–Kier alpha value is -3.00. The van der Waals surface area contributed by atoms with E-state index in [1.807, 2.05) is 4.90 Å². The van der Waals surface area contributed by atoms with Gasteiger partial charge < -0.3 is 19.7 Å². The first-order valence-electron chi connectivity index (χ1n) is 8.40. The molecule has 0 unspecified atom stereocenters. The summed E-state index contributed by atoms with van der Waals surface area (Å²) in [5.41, 5.74) is 1.21. The number of benzene rings is 1. The van der Waals surface area contributed by atoms with Crippen molar-refractivity contribution >= 4 is 23.5 Å². The number of carbonyl (C=O) groups excluding carboxylic acids is 2. The fourth-order valence-electron chi connectivity index (χ4n) is 2.51. The second-order valence-corrected chi connectivity index (χ2v) is 5.63. The Labute approximate surface area is 151 Å². The predicted molar refractivity (Wildman–Crippen MR) is 95.4 cm³/mol. The largest absolute Gasteiger partial charge is 0.462 e. The zero-order valence-electron chi connectivity index (χ0n) is 14.5. The number of hydrogen-bond acceptors (Lipinski definition) is 7. The van der Waals surface area contributed by atoms with Crippen molar-refractivity contribution < 1.29 is 19.1 Å². The molecule has 1 aliphatic heterocycles. The predicted octanol–water partition coefficient (Wildman–Crippen LogP) is 1.74. The van der Waals surface area contributed by atoms with Crippen molar-refractivity contribution in [1.82, 2.24) is 9.97 Å². The Morgan fingerprint density at radius 2 is 1.92 bits per heavy atom. The Morgan fingerprint density at radius 3 is 2.62 bits per heavy atom. The number of aromatic nitrogens is 2. The molecule has 1 fully saturated rings. The van der Waals surface area contributed by atoms with E-state index in [0.717, 1.165) is 13.1 Å². The highest BCUT2D eigenvalue weighted by Gasteiger charge is 2.15. The number of anilines is 2. The van der Waals surface area contributed by atoms with E-state index in [4.69, 9.17) is 9.47 Å². The molecule has 3 rings (SSSR count). The van der Waals surface area contributed by atoms with Crippen molar-refractivity contribution in [3.63, 3.8) is 0 Å². The average Bonchev–Trinajstić information content (AvgIpc) is 2.69. The van der Waals surface area contributed by atoms with E-state index in [2.05, 4.69) is 15.3 Å². The van der Waals surface area contributed by atoms with E-state index in [1.165, 1.54) is 12.4 Å². The van der Waals surface area contributed by atoms with Gasteiger partial charge in [-0.1, -0.05) is 6.07 Å². The lowest BCUT2D eigenvalue weighted by molar-refractivity contribution is 0.0526. The van der Waals surface area contributed by atoms with Gasteiger partial charge >= 0.3 is 5.97 Å². The molecule has 1 aromatic heterocycles. The van der Waals surface area contributed by atoms with E-state index in [1.54, 1.807) is 31.2 Å². The molecule has 2 aromatic rings. The van der Waals surface area contributed by atoms with Gasteiger partial charge in [0, 0.05) is 31.2 Å². The van der Waals surface area contributed by atoms with Gasteiger partial charge in [-0.15, -0.1) is 0 Å². The smallest absolute Gasteiger partial charge is 0.338 e. The Balaban J connectivity index is 1.66. The lowest BCUT2D eigenvalue weighted by Gasteiger charge is -2.26. The third kappa shape index (κ3) is 4.34. The number of hydrogen-bond donors (Lipinski definition) is 1. The molecular formula is C18H20N4O4. The molecule has 8 heteroatoms. The van der Waals surface area contributed by atoms with Crippen LogP contribution in [0.15, 0.2) is 36.7 Å². The molecule has 0 spiro atoms. The van der Waals surface area contributed by atoms with Crippen LogP contribution in [0.3, 0.4) is 0 Å². The summed E-state index contributed by atoms with van der Waals surface area (Å²) in [6.07, 6.45) is 2.98. The van der Waals surface area contributed by atoms with Crippen LogP contribution in [-0.2, 0) is 9.47 Å². The van der Waals surface area contributed by atoms with Gasteiger partial charge in [-0.25, -0.2) is 14.8 Å². The second kappa shape index (κ2) is 8.39. The number of nitrogens with one attached hydrogen (secondary N) is 1. The van der Waals surface area contributed by atoms with Gasteiger partial charge in [-0.2, -0.15) is 0 Å². The fourth-order valence-corrected chi connectivity index (χ4v) is 2.51. The number of morpholine rings is 1. The van der Waals surface area contributed by atoms with Crippen LogP contribution in [0.1, 0.15) is 27.6 Å². The molecule has 8 nitrogen and oxygen atoms in total. The highest BCUT2D eigenvalue weighted by atomic mass is 16.5. The van der Waals surface area contributed by atoms with Crippen LogP contribution in [0, 0.1) is 0 Å². The Morgan fingerprint density at radius 1 is 1.19 bits per heavy atom. The standard InChI is InChI=1S/C18H20N4O4/c1-2-26-17(24)13-4-3-5-15(10-13)21-16(23)14-11-19-18(20-12-14)22-6-8-25-9-7-22/h3-5,10-12H,2,6-9H2,1H3,(H,21,23). The molecule has 0 atom stereocenters. The maximum absolute atomic E-state index is 12.4. The van der Waals surface area contributed by atoms with Gasteiger partial charge in [-0.05, 0) is 25.1 Å². The topological polar surface area (TPSA) is 93.6 Å². The summed E-state index contributed by atoms with van der Waals surface area (Å²) < 4.78 is 10.3. The number of esters is 1. The summed E-state index contributed by atoms with van der Waals surface area (Å²) >= 11 is 0. The van der Waals surface area contributed by atoms with E-state index in [0.29, 0.717) is 42.6 Å². The van der Waals surface area contributed by atoms with Crippen LogP contribution in [0.2, 0.25) is 0 Å². The zero-order chi connectivity index (χ0) is 18.4. The zero-order valence-corrected chi connectivity index (χ0v) is 14.5. The number of ether oxygens (including phenoxy) is 2. The number of carbonyl (C=O) groups is 2. The van der Waals surface area contributed by atoms with Crippen molar-refractivity contribution in [1.29, 1.82) is 0 Å². The maximum atomic E-state index is 12.4. The quantitative estimate of drug-likeness (QED) is 0.816. The van der Waals surface area contributed by atoms with Crippen LogP contribution < -0.4 is 10.2 Å². The van der Waals surface area contributed by atoms with Crippen LogP contribution in [0.25, 0.3) is 0 Å². The van der Waals surface area contributed by atoms with E-state index in [-0.39, 0.29) is 5.91 Å². The summed E-state index contributed by atoms with van der Waals surface area (Å²) in [6.45, 7) is 4.77. The number of nitrogens with zero attached hydrogens (tertiary/aromatic N) is 3. The first-order valence-corrected chi connectivity index (χ1v) is 8.40. The van der Waals surface area contributed by atoms with Crippen molar-refractivity contribution in [3.8, 4) is 0 Å². The summed E-state index contributed by atoms with van der Waals surface area (Å²) in [6, 6.07) is 6.58. The summed E-state index contributed by atoms with van der Waals surface area (Å²) in [4.78, 5) is 34.7. The molecule has 0 radical (unpaired) electrons. The first kappa shape index (κ1) is 17.8. The molecule has 2 heterocycles. The number of rotatable bonds is 5. The molecule has 0 aliphatic carbocycles. The van der Waals surface area contributed by atoms with Crippen LogP contribution >= 0.6 is 0 Å². The second-order valence-electron chi connectivity index (χ2n) is 5.63. The molecule has 0 saturated carbocycles. The summed E-state index contributed by atoms with van der Waals surface area (Å²) in [7, 11) is 0. The third-order valence-electron chi connectivity index (χ3n) is 3.83. The van der Waals surface area contributed by atoms with Crippen LogP contribution in [0.4, 0.5) is 11.6 Å². The van der Waals surface area contributed by atoms with E-state index < -0.39 is 5.97 Å². The minimum absolute atomic E-state index is 0.294. The number of amides is 1. The van der Waals surface area contributed by atoms with Gasteiger partial charge in [0.1, 0.15) is 0 Å². The lowest BCUT2D eigenvalue weighted by atomic mass is 10.2. The molecule has 1 saturated heterocycles. The Bertz CT molecular complexity index is 773. The van der Waals surface area contributed by atoms with Crippen molar-refractivity contribution in [2.24, 2.45) is 0 Å². The van der Waals surface area contributed by atoms with Gasteiger partial charge in [0.2, 0.25) is 5.95 Å². The first-order chi connectivity index (χ1) is 12.7. The van der Waals surface area contributed by atoms with Gasteiger partial charge in [0.15, 0.2) is 0 Å². The minimum atomic E-state index is -0.429. The molecule has 26 heavy (non-hydrogen) atoms. The van der Waals surface area contributed by atoms with Gasteiger partial charge in [0.05, 0.1) is 30.9 Å². The molecular weight excluding hydrogens is 336 g/mol.